The summed E-state index contributed by atoms with van der Waals surface area (Å²) in [5.41, 5.74) is 1.93. The van der Waals surface area contributed by atoms with Crippen molar-refractivity contribution in [3.63, 3.8) is 0 Å². The van der Waals surface area contributed by atoms with Crippen molar-refractivity contribution >= 4 is 0 Å². The van der Waals surface area contributed by atoms with Crippen LogP contribution in [0.15, 0.2) is 18.2 Å². The van der Waals surface area contributed by atoms with Crippen LogP contribution in [-0.4, -0.2) is 56.1 Å². The molecule has 1 aromatic carbocycles. The highest BCUT2D eigenvalue weighted by molar-refractivity contribution is 5.48. The van der Waals surface area contributed by atoms with Crippen LogP contribution >= 0.6 is 0 Å². The molecule has 1 N–H and O–H groups in total. The number of ether oxygens (including phenoxy) is 2. The molecule has 4 nitrogen and oxygen atoms in total. The Morgan fingerprint density at radius 3 is 3.10 bits per heavy atom. The molecule has 1 aromatic rings. The molecule has 4 heteroatoms. The minimum Gasteiger partial charge on any atom is -0.490 e. The third kappa shape index (κ3) is 4.24. The van der Waals surface area contributed by atoms with E-state index in [1.165, 1.54) is 0 Å². The van der Waals surface area contributed by atoms with Gasteiger partial charge in [0.05, 0.1) is 12.2 Å². The van der Waals surface area contributed by atoms with Crippen LogP contribution in [0, 0.1) is 18.8 Å². The maximum absolute atomic E-state index is 8.81. The highest BCUT2D eigenvalue weighted by Gasteiger charge is 2.18. The van der Waals surface area contributed by atoms with Crippen molar-refractivity contribution in [2.45, 2.75) is 13.0 Å². The summed E-state index contributed by atoms with van der Waals surface area (Å²) in [5, 5.41) is 8.81. The van der Waals surface area contributed by atoms with Gasteiger partial charge in [0, 0.05) is 13.1 Å². The van der Waals surface area contributed by atoms with Gasteiger partial charge in [0.15, 0.2) is 0 Å². The molecular weight excluding hydrogens is 254 g/mol. The molecule has 0 aromatic heterocycles. The Balaban J connectivity index is 2.01. The molecule has 1 unspecified atom stereocenters. The number of aliphatic hydroxyl groups is 1. The highest BCUT2D eigenvalue weighted by Crippen LogP contribution is 2.20. The Labute approximate surface area is 120 Å². The van der Waals surface area contributed by atoms with E-state index in [1.807, 2.05) is 25.1 Å². The lowest BCUT2D eigenvalue weighted by Crippen LogP contribution is -2.42. The van der Waals surface area contributed by atoms with Gasteiger partial charge in [-0.05, 0) is 31.7 Å². The van der Waals surface area contributed by atoms with Crippen LogP contribution in [0.25, 0.3) is 0 Å². The van der Waals surface area contributed by atoms with Gasteiger partial charge in [-0.1, -0.05) is 17.9 Å². The lowest BCUT2D eigenvalue weighted by Gasteiger charge is -2.29. The molecule has 108 valence electrons. The van der Waals surface area contributed by atoms with Gasteiger partial charge in [0.2, 0.25) is 0 Å². The zero-order valence-corrected chi connectivity index (χ0v) is 12.1. The minimum atomic E-state index is -0.149. The average Bonchev–Trinajstić information content (AvgIpc) is 2.44. The van der Waals surface area contributed by atoms with Crippen LogP contribution < -0.4 is 4.74 Å². The SMILES string of the molecule is Cc1ccc(OCC2CN(C)CCO2)c(C#CCO)c1. The number of aryl methyl sites for hydroxylation is 1. The Morgan fingerprint density at radius 1 is 1.50 bits per heavy atom. The van der Waals surface area contributed by atoms with Gasteiger partial charge < -0.3 is 19.5 Å². The van der Waals surface area contributed by atoms with E-state index >= 15 is 0 Å². The second kappa shape index (κ2) is 7.30. The molecule has 1 aliphatic rings. The Hall–Kier alpha value is -1.54. The molecule has 1 heterocycles. The molecule has 1 saturated heterocycles. The zero-order chi connectivity index (χ0) is 14.4. The first-order valence-corrected chi connectivity index (χ1v) is 6.82. The molecule has 0 bridgehead atoms. The van der Waals surface area contributed by atoms with E-state index in [9.17, 15) is 0 Å². The number of hydrogen-bond acceptors (Lipinski definition) is 4. The maximum atomic E-state index is 8.81. The molecule has 1 fully saturated rings. The number of rotatable bonds is 3. The van der Waals surface area contributed by atoms with Gasteiger partial charge in [0.25, 0.3) is 0 Å². The summed E-state index contributed by atoms with van der Waals surface area (Å²) in [6.07, 6.45) is 0.0914. The minimum absolute atomic E-state index is 0.0914. The van der Waals surface area contributed by atoms with Gasteiger partial charge in [-0.25, -0.2) is 0 Å². The summed E-state index contributed by atoms with van der Waals surface area (Å²) in [5.74, 6) is 6.33. The molecule has 0 radical (unpaired) electrons. The first-order valence-electron chi connectivity index (χ1n) is 6.82. The summed E-state index contributed by atoms with van der Waals surface area (Å²) in [4.78, 5) is 2.24. The Bertz CT molecular complexity index is 504. The average molecular weight is 275 g/mol. The van der Waals surface area contributed by atoms with Crippen molar-refractivity contribution in [1.29, 1.82) is 0 Å². The number of hydrogen-bond donors (Lipinski definition) is 1. The van der Waals surface area contributed by atoms with Gasteiger partial charge in [-0.15, -0.1) is 0 Å². The molecule has 0 saturated carbocycles. The van der Waals surface area contributed by atoms with Crippen LogP contribution in [0.5, 0.6) is 5.75 Å². The van der Waals surface area contributed by atoms with Crippen LogP contribution in [0.4, 0.5) is 0 Å². The predicted molar refractivity (Wildman–Crippen MR) is 77.9 cm³/mol. The predicted octanol–water partition coefficient (Wildman–Crippen LogP) is 1.05. The lowest BCUT2D eigenvalue weighted by atomic mass is 10.1. The van der Waals surface area contributed by atoms with E-state index in [4.69, 9.17) is 14.6 Å². The Kier molecular flexibility index (Phi) is 5.42. The molecule has 2 rings (SSSR count). The third-order valence-electron chi connectivity index (χ3n) is 3.20. The van der Waals surface area contributed by atoms with E-state index in [2.05, 4.69) is 23.8 Å². The molecule has 0 spiro atoms. The molecule has 0 amide bonds. The molecular formula is C16H21NO3. The number of aliphatic hydroxyl groups excluding tert-OH is 1. The van der Waals surface area contributed by atoms with Gasteiger partial charge in [-0.3, -0.25) is 0 Å². The fraction of sp³-hybridized carbons (Fsp3) is 0.500. The number of likely N-dealkylation sites (N-methyl/N-ethyl adjacent to an activating group) is 1. The quantitative estimate of drug-likeness (QED) is 0.837. The fourth-order valence-corrected chi connectivity index (χ4v) is 2.15. The van der Waals surface area contributed by atoms with Crippen molar-refractivity contribution in [2.75, 3.05) is 40.0 Å². The Morgan fingerprint density at radius 2 is 2.35 bits per heavy atom. The van der Waals surface area contributed by atoms with Crippen molar-refractivity contribution in [3.8, 4) is 17.6 Å². The second-order valence-corrected chi connectivity index (χ2v) is 5.03. The van der Waals surface area contributed by atoms with E-state index < -0.39 is 0 Å². The van der Waals surface area contributed by atoms with Crippen molar-refractivity contribution in [3.05, 3.63) is 29.3 Å². The summed E-state index contributed by atoms with van der Waals surface area (Å²) in [7, 11) is 2.08. The van der Waals surface area contributed by atoms with Gasteiger partial charge in [-0.2, -0.15) is 0 Å². The number of benzene rings is 1. The standard InChI is InChI=1S/C16H21NO3/c1-13-5-6-16(14(10-13)4-3-8-18)20-12-15-11-17(2)7-9-19-15/h5-6,10,15,18H,7-9,11-12H2,1-2H3. The summed E-state index contributed by atoms with van der Waals surface area (Å²) in [6, 6.07) is 5.88. The molecule has 0 aliphatic carbocycles. The highest BCUT2D eigenvalue weighted by atomic mass is 16.5. The summed E-state index contributed by atoms with van der Waals surface area (Å²) >= 11 is 0. The van der Waals surface area contributed by atoms with Crippen molar-refractivity contribution in [2.24, 2.45) is 0 Å². The van der Waals surface area contributed by atoms with Crippen LogP contribution in [0.1, 0.15) is 11.1 Å². The first kappa shape index (κ1) is 14.9. The third-order valence-corrected chi connectivity index (χ3v) is 3.20. The topological polar surface area (TPSA) is 41.9 Å². The normalized spacial score (nSPS) is 19.2. The molecule has 20 heavy (non-hydrogen) atoms. The van der Waals surface area contributed by atoms with E-state index in [-0.39, 0.29) is 12.7 Å². The number of morpholine rings is 1. The van der Waals surface area contributed by atoms with Gasteiger partial charge >= 0.3 is 0 Å². The summed E-state index contributed by atoms with van der Waals surface area (Å²) in [6.45, 7) is 4.96. The van der Waals surface area contributed by atoms with E-state index in [0.29, 0.717) is 6.61 Å². The maximum Gasteiger partial charge on any atom is 0.135 e. The van der Waals surface area contributed by atoms with Crippen LogP contribution in [-0.2, 0) is 4.74 Å². The van der Waals surface area contributed by atoms with Gasteiger partial charge in [0.1, 0.15) is 25.1 Å². The second-order valence-electron chi connectivity index (χ2n) is 5.03. The lowest BCUT2D eigenvalue weighted by molar-refractivity contribution is -0.0403. The fourth-order valence-electron chi connectivity index (χ4n) is 2.15. The van der Waals surface area contributed by atoms with E-state index in [0.717, 1.165) is 36.6 Å². The summed E-state index contributed by atoms with van der Waals surface area (Å²) < 4.78 is 11.5. The smallest absolute Gasteiger partial charge is 0.135 e. The molecule has 1 aliphatic heterocycles. The van der Waals surface area contributed by atoms with E-state index in [1.54, 1.807) is 0 Å². The monoisotopic (exact) mass is 275 g/mol. The largest absolute Gasteiger partial charge is 0.490 e. The van der Waals surface area contributed by atoms with Crippen molar-refractivity contribution in [1.82, 2.24) is 4.90 Å². The number of nitrogens with zero attached hydrogens (tertiary/aromatic N) is 1. The van der Waals surface area contributed by atoms with Crippen LogP contribution in [0.2, 0.25) is 0 Å². The molecule has 1 atom stereocenters. The zero-order valence-electron chi connectivity index (χ0n) is 12.1. The van der Waals surface area contributed by atoms with Crippen molar-refractivity contribution < 1.29 is 14.6 Å². The first-order chi connectivity index (χ1) is 9.69. The van der Waals surface area contributed by atoms with Crippen LogP contribution in [0.3, 0.4) is 0 Å².